The molecule has 0 aliphatic heterocycles. The molecule has 1 amide bonds. The Hall–Kier alpha value is -3.98. The van der Waals surface area contributed by atoms with Crippen molar-refractivity contribution in [2.45, 2.75) is 13.3 Å². The standard InChI is InChI=1S/C24H26N6O3/c1-3-33-17-11-9-16(10-12-17)15-27-30-22(25)20(24(31)26-13-6-14-32-2)21-23(30)29-19-8-5-4-7-18(19)28-21/h4-5,7-12,15H,3,6,13-14,25H2,1-2H3,(H,26,31)/b27-15+. The molecule has 4 aromatic rings. The van der Waals surface area contributed by atoms with Gasteiger partial charge in [0.05, 0.1) is 23.9 Å². The molecule has 0 saturated heterocycles. The van der Waals surface area contributed by atoms with Crippen LogP contribution in [0.15, 0.2) is 53.6 Å². The number of carbonyl (C=O) groups is 1. The van der Waals surface area contributed by atoms with Crippen LogP contribution in [-0.4, -0.2) is 53.6 Å². The second-order valence-corrected chi connectivity index (χ2v) is 7.31. The lowest BCUT2D eigenvalue weighted by Crippen LogP contribution is -2.26. The summed E-state index contributed by atoms with van der Waals surface area (Å²) in [5.74, 6) is 0.630. The van der Waals surface area contributed by atoms with Gasteiger partial charge < -0.3 is 20.5 Å². The number of rotatable bonds is 9. The fraction of sp³-hybridized carbons (Fsp3) is 0.250. The van der Waals surface area contributed by atoms with Crippen LogP contribution in [0, 0.1) is 0 Å². The number of nitrogens with two attached hydrogens (primary N) is 1. The van der Waals surface area contributed by atoms with Crippen LogP contribution < -0.4 is 15.8 Å². The number of carbonyl (C=O) groups excluding carboxylic acids is 1. The fourth-order valence-electron chi connectivity index (χ4n) is 3.44. The number of nitrogens with zero attached hydrogens (tertiary/aromatic N) is 4. The number of fused-ring (bicyclic) bond motifs is 2. The van der Waals surface area contributed by atoms with Gasteiger partial charge in [0.1, 0.15) is 22.6 Å². The molecule has 0 spiro atoms. The van der Waals surface area contributed by atoms with Crippen LogP contribution in [0.2, 0.25) is 0 Å². The Balaban J connectivity index is 1.75. The number of aromatic nitrogens is 3. The van der Waals surface area contributed by atoms with Crippen LogP contribution in [-0.2, 0) is 4.74 Å². The monoisotopic (exact) mass is 446 g/mol. The maximum Gasteiger partial charge on any atom is 0.257 e. The van der Waals surface area contributed by atoms with Gasteiger partial charge in [0.2, 0.25) is 0 Å². The predicted molar refractivity (Wildman–Crippen MR) is 129 cm³/mol. The van der Waals surface area contributed by atoms with Crippen molar-refractivity contribution in [3.63, 3.8) is 0 Å². The SMILES string of the molecule is CCOc1ccc(/C=N/n2c(N)c(C(=O)NCCCOC)c3nc4ccccc4nc32)cc1. The average Bonchev–Trinajstić information content (AvgIpc) is 3.10. The van der Waals surface area contributed by atoms with Gasteiger partial charge in [0.15, 0.2) is 5.65 Å². The van der Waals surface area contributed by atoms with Crippen LogP contribution in [0.4, 0.5) is 5.82 Å². The number of methoxy groups -OCH3 is 1. The van der Waals surface area contributed by atoms with E-state index in [9.17, 15) is 4.79 Å². The maximum absolute atomic E-state index is 13.0. The molecule has 0 saturated carbocycles. The normalized spacial score (nSPS) is 11.5. The van der Waals surface area contributed by atoms with E-state index < -0.39 is 0 Å². The minimum Gasteiger partial charge on any atom is -0.494 e. The summed E-state index contributed by atoms with van der Waals surface area (Å²) in [5, 5.41) is 7.40. The molecule has 0 radical (unpaired) electrons. The van der Waals surface area contributed by atoms with Crippen molar-refractivity contribution in [2.24, 2.45) is 5.10 Å². The van der Waals surface area contributed by atoms with Gasteiger partial charge in [-0.2, -0.15) is 9.78 Å². The lowest BCUT2D eigenvalue weighted by atomic mass is 10.2. The van der Waals surface area contributed by atoms with Crippen molar-refractivity contribution in [3.05, 3.63) is 59.7 Å². The van der Waals surface area contributed by atoms with E-state index in [-0.39, 0.29) is 17.3 Å². The summed E-state index contributed by atoms with van der Waals surface area (Å²) in [6, 6.07) is 15.0. The van der Waals surface area contributed by atoms with Gasteiger partial charge >= 0.3 is 0 Å². The molecule has 0 atom stereocenters. The van der Waals surface area contributed by atoms with Crippen LogP contribution in [0.3, 0.4) is 0 Å². The number of benzene rings is 2. The van der Waals surface area contributed by atoms with E-state index in [1.807, 2.05) is 55.5 Å². The van der Waals surface area contributed by atoms with Crippen molar-refractivity contribution < 1.29 is 14.3 Å². The molecule has 0 aliphatic carbocycles. The van der Waals surface area contributed by atoms with E-state index in [1.165, 1.54) is 4.68 Å². The van der Waals surface area contributed by atoms with Crippen molar-refractivity contribution in [1.29, 1.82) is 0 Å². The molecule has 4 rings (SSSR count). The van der Waals surface area contributed by atoms with Gasteiger partial charge in [0.25, 0.3) is 5.91 Å². The lowest BCUT2D eigenvalue weighted by molar-refractivity contribution is 0.0951. The van der Waals surface area contributed by atoms with Crippen LogP contribution >= 0.6 is 0 Å². The second-order valence-electron chi connectivity index (χ2n) is 7.31. The summed E-state index contributed by atoms with van der Waals surface area (Å²) in [7, 11) is 1.62. The highest BCUT2D eigenvalue weighted by Gasteiger charge is 2.23. The van der Waals surface area contributed by atoms with E-state index in [0.29, 0.717) is 48.4 Å². The first-order valence-electron chi connectivity index (χ1n) is 10.7. The zero-order chi connectivity index (χ0) is 23.2. The van der Waals surface area contributed by atoms with Gasteiger partial charge in [-0.1, -0.05) is 12.1 Å². The summed E-state index contributed by atoms with van der Waals surface area (Å²) in [5.41, 5.74) is 9.68. The first-order valence-corrected chi connectivity index (χ1v) is 10.7. The molecule has 9 nitrogen and oxygen atoms in total. The minimum absolute atomic E-state index is 0.173. The van der Waals surface area contributed by atoms with Gasteiger partial charge in [-0.05, 0) is 55.3 Å². The highest BCUT2D eigenvalue weighted by Crippen LogP contribution is 2.27. The number of nitrogens with one attached hydrogen (secondary N) is 1. The Morgan fingerprint density at radius 2 is 1.88 bits per heavy atom. The number of anilines is 1. The predicted octanol–water partition coefficient (Wildman–Crippen LogP) is 3.21. The number of hydrogen-bond donors (Lipinski definition) is 2. The molecular formula is C24H26N6O3. The Morgan fingerprint density at radius 3 is 2.58 bits per heavy atom. The molecule has 2 aromatic heterocycles. The molecule has 2 heterocycles. The molecule has 0 aliphatic rings. The van der Waals surface area contributed by atoms with E-state index in [4.69, 9.17) is 15.2 Å². The molecule has 3 N–H and O–H groups in total. The minimum atomic E-state index is -0.326. The third-order valence-corrected chi connectivity index (χ3v) is 5.03. The van der Waals surface area contributed by atoms with Gasteiger partial charge in [-0.25, -0.2) is 9.97 Å². The number of hydrogen-bond acceptors (Lipinski definition) is 7. The Kier molecular flexibility index (Phi) is 6.80. The van der Waals surface area contributed by atoms with Crippen LogP contribution in [0.1, 0.15) is 29.3 Å². The van der Waals surface area contributed by atoms with Gasteiger partial charge in [-0.15, -0.1) is 0 Å². The van der Waals surface area contributed by atoms with E-state index >= 15 is 0 Å². The van der Waals surface area contributed by atoms with Gasteiger partial charge in [-0.3, -0.25) is 4.79 Å². The largest absolute Gasteiger partial charge is 0.494 e. The quantitative estimate of drug-likeness (QED) is 0.301. The van der Waals surface area contributed by atoms with E-state index in [1.54, 1.807) is 13.3 Å². The molecule has 170 valence electrons. The molecule has 9 heteroatoms. The van der Waals surface area contributed by atoms with Crippen molar-refractivity contribution in [2.75, 3.05) is 32.6 Å². The third kappa shape index (κ3) is 4.78. The highest BCUT2D eigenvalue weighted by atomic mass is 16.5. The zero-order valence-electron chi connectivity index (χ0n) is 18.6. The number of amides is 1. The van der Waals surface area contributed by atoms with Crippen LogP contribution in [0.25, 0.3) is 22.2 Å². The summed E-state index contributed by atoms with van der Waals surface area (Å²) in [6.45, 7) is 3.54. The third-order valence-electron chi connectivity index (χ3n) is 5.03. The number of ether oxygens (including phenoxy) is 2. The van der Waals surface area contributed by atoms with Crippen molar-refractivity contribution in [3.8, 4) is 5.75 Å². The molecule has 33 heavy (non-hydrogen) atoms. The summed E-state index contributed by atoms with van der Waals surface area (Å²) >= 11 is 0. The highest BCUT2D eigenvalue weighted by molar-refractivity contribution is 6.10. The van der Waals surface area contributed by atoms with Gasteiger partial charge in [0, 0.05) is 20.3 Å². The Morgan fingerprint density at radius 1 is 1.15 bits per heavy atom. The Bertz CT molecular complexity index is 1300. The van der Waals surface area contributed by atoms with Crippen LogP contribution in [0.5, 0.6) is 5.75 Å². The lowest BCUT2D eigenvalue weighted by Gasteiger charge is -2.05. The van der Waals surface area contributed by atoms with Crippen molar-refractivity contribution >= 4 is 40.1 Å². The summed E-state index contributed by atoms with van der Waals surface area (Å²) < 4.78 is 12.0. The molecule has 0 fully saturated rings. The summed E-state index contributed by atoms with van der Waals surface area (Å²) in [6.07, 6.45) is 2.34. The Labute approximate surface area is 191 Å². The van der Waals surface area contributed by atoms with Crippen molar-refractivity contribution in [1.82, 2.24) is 20.0 Å². The first kappa shape index (κ1) is 22.2. The average molecular weight is 447 g/mol. The summed E-state index contributed by atoms with van der Waals surface area (Å²) in [4.78, 5) is 22.3. The number of nitrogen functional groups attached to an aromatic ring is 1. The topological polar surface area (TPSA) is 117 Å². The fourth-order valence-corrected chi connectivity index (χ4v) is 3.44. The molecular weight excluding hydrogens is 420 g/mol. The zero-order valence-corrected chi connectivity index (χ0v) is 18.6. The van der Waals surface area contributed by atoms with E-state index in [0.717, 1.165) is 11.3 Å². The molecule has 0 bridgehead atoms. The molecule has 0 unspecified atom stereocenters. The second kappa shape index (κ2) is 10.1. The van der Waals surface area contributed by atoms with E-state index in [2.05, 4.69) is 20.4 Å². The molecule has 2 aromatic carbocycles. The first-order chi connectivity index (χ1) is 16.1. The number of para-hydroxylation sites is 2. The smallest absolute Gasteiger partial charge is 0.257 e. The maximum atomic E-state index is 13.0.